The number of hydrogen-bond donors (Lipinski definition) is 1. The SMILES string of the molecule is CCOc1cc(C(CC(C)C)C(=O)O)ncn1. The van der Waals surface area contributed by atoms with E-state index in [9.17, 15) is 9.90 Å². The van der Waals surface area contributed by atoms with E-state index in [2.05, 4.69) is 9.97 Å². The number of aromatic nitrogens is 2. The number of nitrogens with zero attached hydrogens (tertiary/aromatic N) is 2. The van der Waals surface area contributed by atoms with Crippen LogP contribution in [0.2, 0.25) is 0 Å². The molecule has 0 aromatic carbocycles. The lowest BCUT2D eigenvalue weighted by Crippen LogP contribution is -2.15. The molecule has 1 aromatic heterocycles. The van der Waals surface area contributed by atoms with Gasteiger partial charge in [-0.1, -0.05) is 13.8 Å². The summed E-state index contributed by atoms with van der Waals surface area (Å²) in [5, 5.41) is 9.20. The van der Waals surface area contributed by atoms with Gasteiger partial charge in [0, 0.05) is 6.07 Å². The zero-order valence-corrected chi connectivity index (χ0v) is 10.4. The number of ether oxygens (including phenoxy) is 1. The molecular weight excluding hydrogens is 220 g/mol. The summed E-state index contributed by atoms with van der Waals surface area (Å²) >= 11 is 0. The van der Waals surface area contributed by atoms with Gasteiger partial charge in [-0.15, -0.1) is 0 Å². The molecule has 0 aliphatic carbocycles. The minimum Gasteiger partial charge on any atom is -0.481 e. The second kappa shape index (κ2) is 6.18. The van der Waals surface area contributed by atoms with Crippen LogP contribution in [0.25, 0.3) is 0 Å². The van der Waals surface area contributed by atoms with Crippen LogP contribution >= 0.6 is 0 Å². The smallest absolute Gasteiger partial charge is 0.312 e. The molecule has 1 rings (SSSR count). The van der Waals surface area contributed by atoms with E-state index in [-0.39, 0.29) is 0 Å². The standard InChI is InChI=1S/C12H18N2O3/c1-4-17-11-6-10(13-7-14-11)9(12(15)16)5-8(2)3/h6-9H,4-5H2,1-3H3,(H,15,16). The van der Waals surface area contributed by atoms with Crippen LogP contribution in [0, 0.1) is 5.92 Å². The van der Waals surface area contributed by atoms with Crippen molar-refractivity contribution in [2.45, 2.75) is 33.1 Å². The molecule has 1 atom stereocenters. The summed E-state index contributed by atoms with van der Waals surface area (Å²) < 4.78 is 5.24. The molecule has 0 fully saturated rings. The Morgan fingerprint density at radius 2 is 2.18 bits per heavy atom. The molecule has 0 bridgehead atoms. The summed E-state index contributed by atoms with van der Waals surface area (Å²) in [5.41, 5.74) is 0.504. The summed E-state index contributed by atoms with van der Waals surface area (Å²) in [6, 6.07) is 1.60. The van der Waals surface area contributed by atoms with E-state index in [1.807, 2.05) is 20.8 Å². The maximum absolute atomic E-state index is 11.2. The fraction of sp³-hybridized carbons (Fsp3) is 0.583. The Kier molecular flexibility index (Phi) is 4.87. The van der Waals surface area contributed by atoms with Crippen LogP contribution in [0.4, 0.5) is 0 Å². The van der Waals surface area contributed by atoms with E-state index in [4.69, 9.17) is 4.74 Å². The predicted octanol–water partition coefficient (Wildman–Crippen LogP) is 2.09. The molecule has 1 unspecified atom stereocenters. The van der Waals surface area contributed by atoms with Crippen molar-refractivity contribution in [3.8, 4) is 5.88 Å². The van der Waals surface area contributed by atoms with Crippen LogP contribution in [0.15, 0.2) is 12.4 Å². The van der Waals surface area contributed by atoms with Gasteiger partial charge in [-0.2, -0.15) is 0 Å². The van der Waals surface area contributed by atoms with Crippen molar-refractivity contribution < 1.29 is 14.6 Å². The van der Waals surface area contributed by atoms with Crippen molar-refractivity contribution in [1.29, 1.82) is 0 Å². The first-order chi connectivity index (χ1) is 8.04. The summed E-state index contributed by atoms with van der Waals surface area (Å²) in [6.45, 7) is 6.32. The normalized spacial score (nSPS) is 12.5. The molecule has 0 aliphatic rings. The molecule has 0 amide bonds. The highest BCUT2D eigenvalue weighted by Gasteiger charge is 2.23. The van der Waals surface area contributed by atoms with Gasteiger partial charge < -0.3 is 9.84 Å². The molecular formula is C12H18N2O3. The van der Waals surface area contributed by atoms with Gasteiger partial charge in [-0.25, -0.2) is 9.97 Å². The van der Waals surface area contributed by atoms with Gasteiger partial charge in [0.25, 0.3) is 0 Å². The largest absolute Gasteiger partial charge is 0.481 e. The van der Waals surface area contributed by atoms with Gasteiger partial charge in [-0.05, 0) is 19.3 Å². The minimum atomic E-state index is -0.861. The second-order valence-electron chi connectivity index (χ2n) is 4.23. The Hall–Kier alpha value is -1.65. The zero-order valence-electron chi connectivity index (χ0n) is 10.4. The fourth-order valence-corrected chi connectivity index (χ4v) is 1.59. The maximum atomic E-state index is 11.2. The molecule has 17 heavy (non-hydrogen) atoms. The van der Waals surface area contributed by atoms with E-state index < -0.39 is 11.9 Å². The summed E-state index contributed by atoms with van der Waals surface area (Å²) in [7, 11) is 0. The number of carboxylic acids is 1. The number of carboxylic acid groups (broad SMARTS) is 1. The second-order valence-corrected chi connectivity index (χ2v) is 4.23. The molecule has 1 heterocycles. The summed E-state index contributed by atoms with van der Waals surface area (Å²) in [6.07, 6.45) is 1.90. The predicted molar refractivity (Wildman–Crippen MR) is 63.0 cm³/mol. The van der Waals surface area contributed by atoms with Crippen molar-refractivity contribution >= 4 is 5.97 Å². The van der Waals surface area contributed by atoms with E-state index in [1.54, 1.807) is 6.07 Å². The molecule has 1 N–H and O–H groups in total. The average molecular weight is 238 g/mol. The van der Waals surface area contributed by atoms with E-state index in [0.29, 0.717) is 30.5 Å². The highest BCUT2D eigenvalue weighted by atomic mass is 16.5. The van der Waals surface area contributed by atoms with Crippen molar-refractivity contribution in [2.24, 2.45) is 5.92 Å². The minimum absolute atomic E-state index is 0.293. The van der Waals surface area contributed by atoms with E-state index in [0.717, 1.165) is 0 Å². The number of hydrogen-bond acceptors (Lipinski definition) is 4. The summed E-state index contributed by atoms with van der Waals surface area (Å²) in [4.78, 5) is 19.2. The van der Waals surface area contributed by atoms with Crippen LogP contribution in [-0.2, 0) is 4.79 Å². The van der Waals surface area contributed by atoms with Crippen molar-refractivity contribution in [1.82, 2.24) is 9.97 Å². The Bertz CT molecular complexity index is 380. The van der Waals surface area contributed by atoms with E-state index in [1.165, 1.54) is 6.33 Å². The highest BCUT2D eigenvalue weighted by molar-refractivity contribution is 5.75. The quantitative estimate of drug-likeness (QED) is 0.821. The molecule has 94 valence electrons. The Labute approximate surface area is 101 Å². The third-order valence-electron chi connectivity index (χ3n) is 2.32. The van der Waals surface area contributed by atoms with Gasteiger partial charge in [0.05, 0.1) is 18.2 Å². The first kappa shape index (κ1) is 13.4. The van der Waals surface area contributed by atoms with Gasteiger partial charge in [-0.3, -0.25) is 4.79 Å². The third-order valence-corrected chi connectivity index (χ3v) is 2.32. The van der Waals surface area contributed by atoms with Crippen LogP contribution < -0.4 is 4.74 Å². The summed E-state index contributed by atoms with van der Waals surface area (Å²) in [5.74, 6) is -0.744. The van der Waals surface area contributed by atoms with Gasteiger partial charge in [0.2, 0.25) is 5.88 Å². The van der Waals surface area contributed by atoms with Crippen LogP contribution in [0.5, 0.6) is 5.88 Å². The fourth-order valence-electron chi connectivity index (χ4n) is 1.59. The van der Waals surface area contributed by atoms with Crippen LogP contribution in [0.3, 0.4) is 0 Å². The number of rotatable bonds is 6. The van der Waals surface area contributed by atoms with E-state index >= 15 is 0 Å². The molecule has 0 aliphatic heterocycles. The Morgan fingerprint density at radius 3 is 2.71 bits per heavy atom. The van der Waals surface area contributed by atoms with Crippen LogP contribution in [-0.4, -0.2) is 27.7 Å². The van der Waals surface area contributed by atoms with Gasteiger partial charge >= 0.3 is 5.97 Å². The molecule has 5 heteroatoms. The van der Waals surface area contributed by atoms with Crippen molar-refractivity contribution in [2.75, 3.05) is 6.61 Å². The Morgan fingerprint density at radius 1 is 1.47 bits per heavy atom. The van der Waals surface area contributed by atoms with Crippen molar-refractivity contribution in [3.63, 3.8) is 0 Å². The third kappa shape index (κ3) is 4.01. The number of carbonyl (C=O) groups is 1. The molecule has 0 saturated heterocycles. The first-order valence-corrected chi connectivity index (χ1v) is 5.72. The lowest BCUT2D eigenvalue weighted by molar-refractivity contribution is -0.139. The molecule has 0 saturated carbocycles. The Balaban J connectivity index is 2.93. The topological polar surface area (TPSA) is 72.3 Å². The molecule has 5 nitrogen and oxygen atoms in total. The number of aliphatic carboxylic acids is 1. The lowest BCUT2D eigenvalue weighted by atomic mass is 9.94. The van der Waals surface area contributed by atoms with Gasteiger partial charge in [0.1, 0.15) is 6.33 Å². The maximum Gasteiger partial charge on any atom is 0.312 e. The zero-order chi connectivity index (χ0) is 12.8. The highest BCUT2D eigenvalue weighted by Crippen LogP contribution is 2.24. The molecule has 0 radical (unpaired) electrons. The lowest BCUT2D eigenvalue weighted by Gasteiger charge is -2.14. The average Bonchev–Trinajstić information content (AvgIpc) is 2.26. The molecule has 0 spiro atoms. The van der Waals surface area contributed by atoms with Crippen LogP contribution in [0.1, 0.15) is 38.8 Å². The monoisotopic (exact) mass is 238 g/mol. The van der Waals surface area contributed by atoms with Crippen molar-refractivity contribution in [3.05, 3.63) is 18.1 Å². The van der Waals surface area contributed by atoms with Gasteiger partial charge in [0.15, 0.2) is 0 Å². The first-order valence-electron chi connectivity index (χ1n) is 5.72. The molecule has 1 aromatic rings.